The molecule has 0 bridgehead atoms. The number of fused-ring (bicyclic) bond motifs is 18. The van der Waals surface area contributed by atoms with Gasteiger partial charge in [-0.05, 0) is 132 Å². The van der Waals surface area contributed by atoms with Gasteiger partial charge in [0.1, 0.15) is 0 Å². The largest absolute Gasteiger partial charge is 0.310 e. The monoisotopic (exact) mass is 857 g/mol. The summed E-state index contributed by atoms with van der Waals surface area (Å²) in [7, 11) is 0. The highest BCUT2D eigenvalue weighted by Gasteiger charge is 2.50. The predicted octanol–water partition coefficient (Wildman–Crippen LogP) is 17.5. The summed E-state index contributed by atoms with van der Waals surface area (Å²) in [6.45, 7) is 4.76. The summed E-state index contributed by atoms with van der Waals surface area (Å²) in [5.41, 5.74) is 23.3. The molecule has 1 heterocycles. The maximum absolute atomic E-state index is 2.56. The summed E-state index contributed by atoms with van der Waals surface area (Å²) in [5.74, 6) is 0. The van der Waals surface area contributed by atoms with E-state index in [9.17, 15) is 0 Å². The molecule has 14 rings (SSSR count). The number of anilines is 3. The van der Waals surface area contributed by atoms with Crippen molar-refractivity contribution >= 4 is 48.6 Å². The molecule has 0 fully saturated rings. The first-order chi connectivity index (χ1) is 32.5. The zero-order valence-corrected chi connectivity index (χ0v) is 37.5. The Morgan fingerprint density at radius 3 is 1.50 bits per heavy atom. The lowest BCUT2D eigenvalue weighted by atomic mass is 9.65. The number of nitrogens with zero attached hydrogens (tertiary/aromatic N) is 1. The quantitative estimate of drug-likeness (QED) is 0.170. The van der Waals surface area contributed by atoms with Crippen LogP contribution >= 0.6 is 11.3 Å². The molecule has 0 N–H and O–H groups in total. The van der Waals surface area contributed by atoms with Crippen molar-refractivity contribution in [2.45, 2.75) is 24.7 Å². The van der Waals surface area contributed by atoms with Gasteiger partial charge < -0.3 is 4.90 Å². The van der Waals surface area contributed by atoms with E-state index >= 15 is 0 Å². The highest BCUT2D eigenvalue weighted by molar-refractivity contribution is 7.25. The summed E-state index contributed by atoms with van der Waals surface area (Å²) in [6, 6.07) is 84.9. The first-order valence-electron chi connectivity index (χ1n) is 23.1. The standard InChI is InChI=1S/C64H43NS/c1-63(2)54-27-13-8-24-47(54)50-35-33-41(36-57(50)63)65(60-30-16-11-20-43(60)40-18-4-3-5-19-40)42-32-34-49-45-22-7-6-21-44(45)46-23-9-14-28-55(46)64(58(49)37-42)56-29-15-10-25-48(56)52-39-62-53(38-59(52)64)51-26-12-17-31-61(51)66-62/h3-39H,1-2H3. The third-order valence-electron chi connectivity index (χ3n) is 15.1. The highest BCUT2D eigenvalue weighted by atomic mass is 32.1. The molecule has 1 nitrogen and oxygen atoms in total. The fraction of sp³-hybridized carbons (Fsp3) is 0.0625. The van der Waals surface area contributed by atoms with Crippen LogP contribution in [0, 0.1) is 0 Å². The molecular formula is C64H43NS. The SMILES string of the molecule is CC1(C)c2ccccc2-c2ccc(N(c3ccc4c(c3)C3(c5ccccc5-c5ccccc5-4)c4ccccc4-c4cc5sc6ccccc6c5cc43)c3ccccc3-c3ccccc3)cc21. The maximum Gasteiger partial charge on any atom is 0.0726 e. The van der Waals surface area contributed by atoms with E-state index < -0.39 is 5.41 Å². The fourth-order valence-corrected chi connectivity index (χ4v) is 13.4. The summed E-state index contributed by atoms with van der Waals surface area (Å²) < 4.78 is 2.65. The molecule has 11 aromatic rings. The van der Waals surface area contributed by atoms with Crippen LogP contribution in [-0.2, 0) is 10.8 Å². The van der Waals surface area contributed by atoms with Crippen LogP contribution in [0.3, 0.4) is 0 Å². The van der Waals surface area contributed by atoms with Crippen molar-refractivity contribution in [3.8, 4) is 55.6 Å². The van der Waals surface area contributed by atoms with Gasteiger partial charge in [0.15, 0.2) is 0 Å². The van der Waals surface area contributed by atoms with E-state index in [-0.39, 0.29) is 5.41 Å². The third-order valence-corrected chi connectivity index (χ3v) is 16.2. The third kappa shape index (κ3) is 5.05. The summed E-state index contributed by atoms with van der Waals surface area (Å²) in [5, 5.41) is 2.63. The van der Waals surface area contributed by atoms with E-state index in [1.54, 1.807) is 0 Å². The number of rotatable bonds is 4. The van der Waals surface area contributed by atoms with E-state index in [1.165, 1.54) is 109 Å². The zero-order valence-electron chi connectivity index (χ0n) is 36.7. The van der Waals surface area contributed by atoms with E-state index in [1.807, 2.05) is 11.3 Å². The Labute approximate surface area is 389 Å². The van der Waals surface area contributed by atoms with Crippen molar-refractivity contribution in [3.05, 3.63) is 258 Å². The molecule has 10 aromatic carbocycles. The maximum atomic E-state index is 2.56. The van der Waals surface area contributed by atoms with Crippen molar-refractivity contribution < 1.29 is 0 Å². The normalized spacial score (nSPS) is 15.6. The van der Waals surface area contributed by atoms with Crippen LogP contribution in [-0.4, -0.2) is 0 Å². The van der Waals surface area contributed by atoms with Crippen LogP contribution in [0.5, 0.6) is 0 Å². The summed E-state index contributed by atoms with van der Waals surface area (Å²) in [6.07, 6.45) is 0. The van der Waals surface area contributed by atoms with Crippen molar-refractivity contribution in [1.29, 1.82) is 0 Å². The molecule has 3 aliphatic carbocycles. The summed E-state index contributed by atoms with van der Waals surface area (Å²) >= 11 is 1.90. The van der Waals surface area contributed by atoms with Crippen LogP contribution in [0.25, 0.3) is 75.8 Å². The van der Waals surface area contributed by atoms with Crippen LogP contribution in [0.15, 0.2) is 224 Å². The zero-order chi connectivity index (χ0) is 43.7. The molecule has 1 atom stereocenters. The van der Waals surface area contributed by atoms with E-state index in [2.05, 4.69) is 243 Å². The lowest BCUT2D eigenvalue weighted by molar-refractivity contribution is 0.660. The van der Waals surface area contributed by atoms with Gasteiger partial charge in [0.05, 0.1) is 11.1 Å². The van der Waals surface area contributed by atoms with Gasteiger partial charge in [0.2, 0.25) is 0 Å². The Morgan fingerprint density at radius 1 is 0.318 bits per heavy atom. The Balaban J connectivity index is 1.11. The first kappa shape index (κ1) is 37.6. The number of thiophene rings is 1. The predicted molar refractivity (Wildman–Crippen MR) is 279 cm³/mol. The van der Waals surface area contributed by atoms with Crippen LogP contribution in [0.4, 0.5) is 17.1 Å². The highest BCUT2D eigenvalue weighted by Crippen LogP contribution is 2.63. The Hall–Kier alpha value is -7.78. The minimum atomic E-state index is -0.643. The lowest BCUT2D eigenvalue weighted by Crippen LogP contribution is -2.29. The van der Waals surface area contributed by atoms with Crippen molar-refractivity contribution in [1.82, 2.24) is 0 Å². The average Bonchev–Trinajstić information content (AvgIpc) is 3.93. The second kappa shape index (κ2) is 13.9. The molecule has 1 unspecified atom stereocenters. The topological polar surface area (TPSA) is 3.24 Å². The van der Waals surface area contributed by atoms with Gasteiger partial charge in [-0.3, -0.25) is 0 Å². The Morgan fingerprint density at radius 2 is 0.803 bits per heavy atom. The molecular weight excluding hydrogens is 815 g/mol. The number of hydrogen-bond acceptors (Lipinski definition) is 2. The molecule has 0 saturated carbocycles. The van der Waals surface area contributed by atoms with Gasteiger partial charge >= 0.3 is 0 Å². The molecule has 1 spiro atoms. The number of para-hydroxylation sites is 1. The van der Waals surface area contributed by atoms with E-state index in [0.717, 1.165) is 17.1 Å². The molecule has 3 aliphatic rings. The smallest absolute Gasteiger partial charge is 0.0726 e. The molecule has 0 aliphatic heterocycles. The Bertz CT molecular complexity index is 3810. The molecule has 0 amide bonds. The van der Waals surface area contributed by atoms with E-state index in [0.29, 0.717) is 0 Å². The van der Waals surface area contributed by atoms with Crippen LogP contribution in [0.1, 0.15) is 47.2 Å². The van der Waals surface area contributed by atoms with Crippen molar-refractivity contribution in [2.24, 2.45) is 0 Å². The van der Waals surface area contributed by atoms with Gasteiger partial charge in [-0.1, -0.05) is 190 Å². The Kier molecular flexibility index (Phi) is 7.89. The molecule has 1 aromatic heterocycles. The molecule has 66 heavy (non-hydrogen) atoms. The molecule has 0 radical (unpaired) electrons. The summed E-state index contributed by atoms with van der Waals surface area (Å²) in [4.78, 5) is 2.54. The minimum absolute atomic E-state index is 0.160. The number of benzene rings is 10. The van der Waals surface area contributed by atoms with Gasteiger partial charge in [-0.25, -0.2) is 0 Å². The second-order valence-electron chi connectivity index (χ2n) is 18.7. The van der Waals surface area contributed by atoms with Crippen LogP contribution < -0.4 is 4.90 Å². The molecule has 310 valence electrons. The van der Waals surface area contributed by atoms with Crippen molar-refractivity contribution in [2.75, 3.05) is 4.90 Å². The first-order valence-corrected chi connectivity index (χ1v) is 23.9. The van der Waals surface area contributed by atoms with Gasteiger partial charge in [0.25, 0.3) is 0 Å². The molecule has 2 heteroatoms. The van der Waals surface area contributed by atoms with Gasteiger partial charge in [-0.2, -0.15) is 0 Å². The van der Waals surface area contributed by atoms with Crippen LogP contribution in [0.2, 0.25) is 0 Å². The second-order valence-corrected chi connectivity index (χ2v) is 19.8. The minimum Gasteiger partial charge on any atom is -0.310 e. The van der Waals surface area contributed by atoms with Crippen molar-refractivity contribution in [3.63, 3.8) is 0 Å². The number of hydrogen-bond donors (Lipinski definition) is 0. The van der Waals surface area contributed by atoms with E-state index in [4.69, 9.17) is 0 Å². The average molecular weight is 858 g/mol. The fourth-order valence-electron chi connectivity index (χ4n) is 12.2. The van der Waals surface area contributed by atoms with Gasteiger partial charge in [-0.15, -0.1) is 11.3 Å². The molecule has 0 saturated heterocycles. The lowest BCUT2D eigenvalue weighted by Gasteiger charge is -2.37. The van der Waals surface area contributed by atoms with Gasteiger partial charge in [0, 0.05) is 42.5 Å².